The van der Waals surface area contributed by atoms with Crippen LogP contribution in [0.2, 0.25) is 0 Å². The minimum Gasteiger partial charge on any atom is -0.481 e. The van der Waals surface area contributed by atoms with Gasteiger partial charge in [-0.3, -0.25) is 4.79 Å². The van der Waals surface area contributed by atoms with Gasteiger partial charge < -0.3 is 15.2 Å². The average Bonchev–Trinajstić information content (AvgIpc) is 2.61. The molecule has 0 aliphatic carbocycles. The molecule has 0 saturated heterocycles. The lowest BCUT2D eigenvalue weighted by atomic mass is 9.92. The third-order valence-electron chi connectivity index (χ3n) is 4.25. The topological polar surface area (TPSA) is 82.3 Å². The molecule has 0 radical (unpaired) electrons. The van der Waals surface area contributed by atoms with Crippen LogP contribution in [0.4, 0.5) is 11.4 Å². The van der Waals surface area contributed by atoms with Gasteiger partial charge in [-0.1, -0.05) is 26.0 Å². The molecular weight excluding hydrogens is 360 g/mol. The van der Waals surface area contributed by atoms with E-state index in [4.69, 9.17) is 10.00 Å². The molecule has 0 unspecified atom stereocenters. The van der Waals surface area contributed by atoms with Crippen molar-refractivity contribution in [2.75, 3.05) is 19.0 Å². The van der Waals surface area contributed by atoms with E-state index in [9.17, 15) is 9.90 Å². The molecule has 0 aliphatic heterocycles. The zero-order valence-corrected chi connectivity index (χ0v) is 16.8. The summed E-state index contributed by atoms with van der Waals surface area (Å²) in [4.78, 5) is 11.2. The average molecular weight is 387 g/mol. The number of nitrogens with one attached hydrogen (secondary N) is 1. The maximum Gasteiger partial charge on any atom is 0.304 e. The number of carboxylic acids is 1. The van der Waals surface area contributed by atoms with Crippen molar-refractivity contribution in [3.63, 3.8) is 0 Å². The molecule has 27 heavy (non-hydrogen) atoms. The first kappa shape index (κ1) is 22.6. The van der Waals surface area contributed by atoms with Crippen LogP contribution >= 0.6 is 13.5 Å². The number of methoxy groups -OCH3 is 1. The van der Waals surface area contributed by atoms with Crippen molar-refractivity contribution in [2.24, 2.45) is 0 Å². The smallest absolute Gasteiger partial charge is 0.304 e. The van der Waals surface area contributed by atoms with E-state index in [0.29, 0.717) is 18.1 Å². The monoisotopic (exact) mass is 386 g/mol. The van der Waals surface area contributed by atoms with Crippen molar-refractivity contribution >= 4 is 30.8 Å². The van der Waals surface area contributed by atoms with E-state index in [1.165, 1.54) is 0 Å². The Kier molecular flexibility index (Phi) is 8.86. The first-order valence-electron chi connectivity index (χ1n) is 8.56. The number of nitriles is 1. The molecule has 0 saturated carbocycles. The van der Waals surface area contributed by atoms with E-state index in [1.54, 1.807) is 19.2 Å². The Hall–Kier alpha value is -2.49. The zero-order chi connectivity index (χ0) is 19.1. The summed E-state index contributed by atoms with van der Waals surface area (Å²) in [6, 6.07) is 15.4. The molecule has 2 rings (SSSR count). The summed E-state index contributed by atoms with van der Waals surface area (Å²) in [5, 5.41) is 21.5. The molecule has 2 aromatic rings. The van der Waals surface area contributed by atoms with E-state index < -0.39 is 5.97 Å². The third kappa shape index (κ3) is 6.31. The number of hydrogen-bond acceptors (Lipinski definition) is 4. The molecule has 2 N–H and O–H groups in total. The largest absolute Gasteiger partial charge is 0.481 e. The lowest BCUT2D eigenvalue weighted by molar-refractivity contribution is -0.137. The van der Waals surface area contributed by atoms with Crippen molar-refractivity contribution in [2.45, 2.75) is 32.1 Å². The van der Waals surface area contributed by atoms with E-state index >= 15 is 0 Å². The molecule has 0 amide bonds. The number of carboxylic acid groups (broad SMARTS) is 1. The summed E-state index contributed by atoms with van der Waals surface area (Å²) >= 11 is 0. The minimum atomic E-state index is -0.846. The van der Waals surface area contributed by atoms with Crippen molar-refractivity contribution < 1.29 is 14.6 Å². The van der Waals surface area contributed by atoms with E-state index in [-0.39, 0.29) is 25.8 Å². The Labute approximate surface area is 167 Å². The molecule has 1 atom stereocenters. The van der Waals surface area contributed by atoms with Gasteiger partial charge >= 0.3 is 5.97 Å². The Morgan fingerprint density at radius 1 is 1.22 bits per heavy atom. The van der Waals surface area contributed by atoms with Gasteiger partial charge in [0.05, 0.1) is 24.7 Å². The van der Waals surface area contributed by atoms with Gasteiger partial charge in [0.25, 0.3) is 0 Å². The molecule has 0 fully saturated rings. The number of aliphatic carboxylic acids is 1. The normalized spacial score (nSPS) is 11.4. The summed E-state index contributed by atoms with van der Waals surface area (Å²) in [6.45, 7) is 4.58. The molecule has 0 aromatic heterocycles. The van der Waals surface area contributed by atoms with E-state index in [0.717, 1.165) is 22.5 Å². The number of benzene rings is 2. The lowest BCUT2D eigenvalue weighted by Gasteiger charge is -2.20. The highest BCUT2D eigenvalue weighted by molar-refractivity contribution is 7.59. The standard InChI is InChI=1S/C21H24N2O3.H2S/c1-14(2)19-9-6-16(17(13-26-3)11-21(24)25)10-20(19)23-18-7-4-15(12-22)5-8-18;/h4-10,14,17,23H,11,13H2,1-3H3,(H,24,25);1H2/t17-;/m1./s1. The van der Waals surface area contributed by atoms with Gasteiger partial charge in [-0.2, -0.15) is 18.8 Å². The number of nitrogens with zero attached hydrogens (tertiary/aromatic N) is 1. The summed E-state index contributed by atoms with van der Waals surface area (Å²) < 4.78 is 5.21. The summed E-state index contributed by atoms with van der Waals surface area (Å²) in [6.07, 6.45) is 0.0190. The molecule has 0 spiro atoms. The molecule has 6 heteroatoms. The Morgan fingerprint density at radius 3 is 2.41 bits per heavy atom. The SMILES string of the molecule is COC[C@@H](CC(=O)O)c1ccc(C(C)C)c(Nc2ccc(C#N)cc2)c1.S. The van der Waals surface area contributed by atoms with Crippen LogP contribution in [0.3, 0.4) is 0 Å². The van der Waals surface area contributed by atoms with Gasteiger partial charge in [0.2, 0.25) is 0 Å². The molecule has 144 valence electrons. The number of hydrogen-bond donors (Lipinski definition) is 2. The van der Waals surface area contributed by atoms with Crippen molar-refractivity contribution in [3.05, 3.63) is 59.2 Å². The van der Waals surface area contributed by atoms with E-state index in [1.807, 2.05) is 30.3 Å². The second-order valence-electron chi connectivity index (χ2n) is 6.57. The van der Waals surface area contributed by atoms with Gasteiger partial charge in [0.1, 0.15) is 0 Å². The van der Waals surface area contributed by atoms with Crippen LogP contribution in [0.15, 0.2) is 42.5 Å². The lowest BCUT2D eigenvalue weighted by Crippen LogP contribution is -2.12. The summed E-state index contributed by atoms with van der Waals surface area (Å²) in [7, 11) is 1.58. The van der Waals surface area contributed by atoms with Gasteiger partial charge in [-0.05, 0) is 47.4 Å². The molecular formula is C21H26N2O3S. The molecule has 0 bridgehead atoms. The van der Waals surface area contributed by atoms with Crippen LogP contribution < -0.4 is 5.32 Å². The molecule has 0 heterocycles. The van der Waals surface area contributed by atoms with Gasteiger partial charge in [0.15, 0.2) is 0 Å². The van der Waals surface area contributed by atoms with Gasteiger partial charge in [-0.15, -0.1) is 0 Å². The predicted octanol–water partition coefficient (Wildman–Crippen LogP) is 4.74. The maximum atomic E-state index is 11.2. The first-order chi connectivity index (χ1) is 12.4. The number of carbonyl (C=O) groups is 1. The second kappa shape index (κ2) is 10.6. The highest BCUT2D eigenvalue weighted by Gasteiger charge is 2.18. The third-order valence-corrected chi connectivity index (χ3v) is 4.25. The number of rotatable bonds is 8. The summed E-state index contributed by atoms with van der Waals surface area (Å²) in [5.41, 5.74) is 4.49. The van der Waals surface area contributed by atoms with Gasteiger partial charge in [0, 0.05) is 24.4 Å². The number of anilines is 2. The minimum absolute atomic E-state index is 0. The van der Waals surface area contributed by atoms with E-state index in [2.05, 4.69) is 25.2 Å². The van der Waals surface area contributed by atoms with Crippen LogP contribution in [-0.4, -0.2) is 24.8 Å². The van der Waals surface area contributed by atoms with Gasteiger partial charge in [-0.25, -0.2) is 0 Å². The van der Waals surface area contributed by atoms with Crippen LogP contribution in [0.1, 0.15) is 48.8 Å². The first-order valence-corrected chi connectivity index (χ1v) is 8.56. The van der Waals surface area contributed by atoms with Crippen LogP contribution in [0.5, 0.6) is 0 Å². The van der Waals surface area contributed by atoms with Crippen LogP contribution in [-0.2, 0) is 9.53 Å². The summed E-state index contributed by atoms with van der Waals surface area (Å²) in [5.74, 6) is -0.743. The fraction of sp³-hybridized carbons (Fsp3) is 0.333. The molecule has 2 aromatic carbocycles. The Balaban J connectivity index is 0.00000364. The quantitative estimate of drug-likeness (QED) is 0.684. The Morgan fingerprint density at radius 2 is 1.89 bits per heavy atom. The molecule has 0 aliphatic rings. The maximum absolute atomic E-state index is 11.2. The highest BCUT2D eigenvalue weighted by atomic mass is 32.1. The van der Waals surface area contributed by atoms with Crippen molar-refractivity contribution in [1.82, 2.24) is 0 Å². The van der Waals surface area contributed by atoms with Crippen molar-refractivity contribution in [1.29, 1.82) is 5.26 Å². The fourth-order valence-corrected chi connectivity index (χ4v) is 2.91. The zero-order valence-electron chi connectivity index (χ0n) is 15.8. The predicted molar refractivity (Wildman–Crippen MR) is 112 cm³/mol. The van der Waals surface area contributed by atoms with Crippen LogP contribution in [0, 0.1) is 11.3 Å². The van der Waals surface area contributed by atoms with Crippen LogP contribution in [0.25, 0.3) is 0 Å². The highest BCUT2D eigenvalue weighted by Crippen LogP contribution is 2.32. The Bertz CT molecular complexity index is 798. The number of ether oxygens (including phenoxy) is 1. The second-order valence-corrected chi connectivity index (χ2v) is 6.57. The fourth-order valence-electron chi connectivity index (χ4n) is 2.91. The van der Waals surface area contributed by atoms with Crippen molar-refractivity contribution in [3.8, 4) is 6.07 Å². The molecule has 5 nitrogen and oxygen atoms in total.